The summed E-state index contributed by atoms with van der Waals surface area (Å²) in [6, 6.07) is 27.6. The summed E-state index contributed by atoms with van der Waals surface area (Å²) in [6.07, 6.45) is 11.5. The van der Waals surface area contributed by atoms with E-state index in [4.69, 9.17) is 40.7 Å². The smallest absolute Gasteiger partial charge is 0.333 e. The molecular weight excluding hydrogens is 1050 g/mol. The minimum Gasteiger partial charge on any atom is -0.478 e. The predicted octanol–water partition coefficient (Wildman–Crippen LogP) is 7.62. The van der Waals surface area contributed by atoms with Crippen LogP contribution in [0.1, 0.15) is 116 Å². The zero-order chi connectivity index (χ0) is 60.1. The summed E-state index contributed by atoms with van der Waals surface area (Å²) in [5.74, 6) is -2.52. The molecule has 3 aliphatic rings. The third-order valence-electron chi connectivity index (χ3n) is 14.5. The summed E-state index contributed by atoms with van der Waals surface area (Å²) < 4.78 is 28.4. The van der Waals surface area contributed by atoms with Gasteiger partial charge >= 0.3 is 17.9 Å². The fraction of sp³-hybridized carbons (Fsp3) is 0.516. The standard InChI is InChI=1S/C21H28N4O4.C21H30N2O4.C20H28N2O4/c1-4-17(11-10-15-8-6-5-7-9-15)29-19-13-16(21(27)28-3)12-18(24-25-22)20(19)23-14(2)26;1-4-17(11-10-15-8-6-5-7-9-15)27-19-13-16(21(25)26-3)12-18(22)20(19)23-14(2)24;1-3-16(10-9-14-7-5-4-6-8-14)26-18-12-15(20(24)25)11-17(21)19(18)22-13(2)23/h5-9,13,17-20H,4,10-12H2,1-3H3,(H,23,26);5-9,13,17-20H,4,10-12,22H2,1-3H3,(H,23,24);4-8,12,16-19H,3,9-11,21H2,1-2H3,(H,22,23)(H,24,25)/t17?,18?,19-,20-;17?,18-,19+,20+;16?,17-,18+,19+/m100/s1. The first-order valence-corrected chi connectivity index (χ1v) is 28.3. The molecule has 0 aliphatic heterocycles. The van der Waals surface area contributed by atoms with E-state index in [1.807, 2.05) is 68.4 Å². The molecule has 82 heavy (non-hydrogen) atoms. The highest BCUT2D eigenvalue weighted by atomic mass is 16.5. The second-order valence-electron chi connectivity index (χ2n) is 20.7. The number of aryl methyl sites for hydroxylation is 3. The number of carbonyl (C=O) groups excluding carboxylic acids is 5. The van der Waals surface area contributed by atoms with Crippen LogP contribution in [0.25, 0.3) is 10.4 Å². The average molecular weight is 1140 g/mol. The topological polar surface area (TPSA) is 306 Å². The van der Waals surface area contributed by atoms with Crippen LogP contribution in [0.15, 0.2) is 131 Å². The molecule has 20 nitrogen and oxygen atoms in total. The maximum atomic E-state index is 12.1. The molecule has 0 spiro atoms. The van der Waals surface area contributed by atoms with E-state index in [1.54, 1.807) is 18.2 Å². The van der Waals surface area contributed by atoms with Crippen LogP contribution in [-0.4, -0.2) is 128 Å². The van der Waals surface area contributed by atoms with Crippen molar-refractivity contribution in [3.63, 3.8) is 0 Å². The molecule has 0 saturated carbocycles. The van der Waals surface area contributed by atoms with Gasteiger partial charge in [-0.2, -0.15) is 0 Å². The number of nitrogens with zero attached hydrogens (tertiary/aromatic N) is 3. The summed E-state index contributed by atoms with van der Waals surface area (Å²) >= 11 is 0. The van der Waals surface area contributed by atoms with E-state index in [2.05, 4.69) is 69.3 Å². The lowest BCUT2D eigenvalue weighted by molar-refractivity contribution is -0.137. The van der Waals surface area contributed by atoms with Gasteiger partial charge < -0.3 is 56.2 Å². The molecule has 3 aliphatic carbocycles. The Labute approximate surface area is 482 Å². The zero-order valence-corrected chi connectivity index (χ0v) is 48.7. The number of carbonyl (C=O) groups is 6. The molecule has 0 radical (unpaired) electrons. The normalized spacial score (nSPS) is 23.0. The average Bonchev–Trinajstić information content (AvgIpc) is 3.66. The minimum absolute atomic E-state index is 0.00749. The monoisotopic (exact) mass is 1130 g/mol. The van der Waals surface area contributed by atoms with Crippen molar-refractivity contribution < 1.29 is 57.6 Å². The van der Waals surface area contributed by atoms with Crippen molar-refractivity contribution in [3.05, 3.63) is 153 Å². The van der Waals surface area contributed by atoms with Crippen LogP contribution in [-0.2, 0) is 71.7 Å². The van der Waals surface area contributed by atoms with Crippen molar-refractivity contribution in [2.24, 2.45) is 16.6 Å². The van der Waals surface area contributed by atoms with Gasteiger partial charge in [0.05, 0.1) is 75.0 Å². The number of hydrogen-bond acceptors (Lipinski definition) is 14. The molecule has 446 valence electrons. The second kappa shape index (κ2) is 35.6. The van der Waals surface area contributed by atoms with Crippen molar-refractivity contribution >= 4 is 35.6 Å². The number of azide groups is 1. The number of hydrogen-bond donors (Lipinski definition) is 6. The molecule has 0 bridgehead atoms. The van der Waals surface area contributed by atoms with E-state index < -0.39 is 66.4 Å². The fourth-order valence-electron chi connectivity index (χ4n) is 10.2. The number of rotatable bonds is 25. The Kier molecular flexibility index (Phi) is 29.2. The highest BCUT2D eigenvalue weighted by Crippen LogP contribution is 2.29. The Morgan fingerprint density at radius 1 is 0.549 bits per heavy atom. The van der Waals surface area contributed by atoms with E-state index in [-0.39, 0.29) is 60.5 Å². The van der Waals surface area contributed by atoms with Gasteiger partial charge in [0.2, 0.25) is 17.7 Å². The van der Waals surface area contributed by atoms with Crippen LogP contribution < -0.4 is 27.4 Å². The SMILES string of the molecule is CCC(CCc1ccccc1)O[C@@H]1C=C(C(=O)O)C[C@H](N)[C@H]1NC(C)=O.CCC(CCc1ccccc1)O[C@@H]1C=C(C(=O)OC)CC(N=[N+]=[N-])[C@H]1NC(C)=O.CCC(CCc1ccccc1)O[C@@H]1C=C(C(=O)OC)C[C@H](N)[C@H]1NC(C)=O. The molecule has 20 heteroatoms. The number of nitrogens with two attached hydrogens (primary N) is 2. The van der Waals surface area contributed by atoms with Crippen LogP contribution in [0.2, 0.25) is 0 Å². The molecule has 0 saturated heterocycles. The number of aliphatic carboxylic acids is 1. The summed E-state index contributed by atoms with van der Waals surface area (Å²) in [5.41, 5.74) is 26.1. The molecule has 0 aromatic heterocycles. The van der Waals surface area contributed by atoms with Gasteiger partial charge in [0.25, 0.3) is 0 Å². The second-order valence-corrected chi connectivity index (χ2v) is 20.7. The molecular formula is C62H86N8O12. The number of carboxylic acids is 1. The molecule has 8 N–H and O–H groups in total. The van der Waals surface area contributed by atoms with E-state index in [1.165, 1.54) is 51.7 Å². The number of nitrogens with one attached hydrogen (secondary N) is 3. The molecule has 3 aromatic rings. The minimum atomic E-state index is -0.993. The lowest BCUT2D eigenvalue weighted by atomic mass is 9.88. The predicted molar refractivity (Wildman–Crippen MR) is 313 cm³/mol. The lowest BCUT2D eigenvalue weighted by Crippen LogP contribution is -2.57. The molecule has 6 rings (SSSR count). The lowest BCUT2D eigenvalue weighted by Gasteiger charge is -2.36. The fourth-order valence-corrected chi connectivity index (χ4v) is 10.2. The third kappa shape index (κ3) is 22.6. The van der Waals surface area contributed by atoms with E-state index >= 15 is 0 Å². The van der Waals surface area contributed by atoms with Gasteiger partial charge in [0.15, 0.2) is 0 Å². The number of esters is 2. The summed E-state index contributed by atoms with van der Waals surface area (Å²) in [6.45, 7) is 10.4. The van der Waals surface area contributed by atoms with Gasteiger partial charge in [-0.15, -0.1) is 0 Å². The maximum Gasteiger partial charge on any atom is 0.333 e. The highest BCUT2D eigenvalue weighted by molar-refractivity contribution is 5.90. The molecule has 3 aromatic carbocycles. The number of ether oxygens (including phenoxy) is 5. The van der Waals surface area contributed by atoms with E-state index in [0.717, 1.165) is 57.8 Å². The Bertz CT molecular complexity index is 2650. The van der Waals surface area contributed by atoms with Crippen molar-refractivity contribution in [1.82, 2.24) is 16.0 Å². The van der Waals surface area contributed by atoms with Crippen LogP contribution in [0.5, 0.6) is 0 Å². The summed E-state index contributed by atoms with van der Waals surface area (Å²) in [7, 11) is 2.65. The van der Waals surface area contributed by atoms with Gasteiger partial charge in [-0.25, -0.2) is 14.4 Å². The van der Waals surface area contributed by atoms with Crippen LogP contribution >= 0.6 is 0 Å². The quantitative estimate of drug-likeness (QED) is 0.0206. The third-order valence-corrected chi connectivity index (χ3v) is 14.5. The Balaban J connectivity index is 0.000000265. The van der Waals surface area contributed by atoms with Crippen molar-refractivity contribution in [2.75, 3.05) is 14.2 Å². The van der Waals surface area contributed by atoms with E-state index in [9.17, 15) is 33.9 Å². The highest BCUT2D eigenvalue weighted by Gasteiger charge is 2.39. The molecule has 0 fully saturated rings. The first-order chi connectivity index (χ1) is 39.3. The Morgan fingerprint density at radius 3 is 1.18 bits per heavy atom. The van der Waals surface area contributed by atoms with Gasteiger partial charge in [-0.1, -0.05) is 117 Å². The zero-order valence-electron chi connectivity index (χ0n) is 48.7. The number of benzene rings is 3. The van der Waals surface area contributed by atoms with Gasteiger partial charge in [0.1, 0.15) is 0 Å². The van der Waals surface area contributed by atoms with Crippen LogP contribution in [0.3, 0.4) is 0 Å². The van der Waals surface area contributed by atoms with Crippen molar-refractivity contribution in [2.45, 2.75) is 191 Å². The molecule has 12 atom stereocenters. The number of carboxylic acid groups (broad SMARTS) is 1. The molecule has 4 unspecified atom stereocenters. The Hall–Kier alpha value is -7.19. The van der Waals surface area contributed by atoms with E-state index in [0.29, 0.717) is 17.6 Å². The first kappa shape index (κ1) is 67.3. The molecule has 3 amide bonds. The molecule has 0 heterocycles. The van der Waals surface area contributed by atoms with Gasteiger partial charge in [-0.3, -0.25) is 14.4 Å². The maximum absolute atomic E-state index is 12.1. The largest absolute Gasteiger partial charge is 0.478 e. The van der Waals surface area contributed by atoms with Crippen molar-refractivity contribution in [1.29, 1.82) is 0 Å². The summed E-state index contributed by atoms with van der Waals surface area (Å²) in [4.78, 5) is 73.2. The summed E-state index contributed by atoms with van der Waals surface area (Å²) in [5, 5.41) is 21.6. The van der Waals surface area contributed by atoms with Crippen molar-refractivity contribution in [3.8, 4) is 0 Å². The van der Waals surface area contributed by atoms with Gasteiger partial charge in [0, 0.05) is 54.5 Å². The van der Waals surface area contributed by atoms with Crippen LogP contribution in [0.4, 0.5) is 0 Å². The Morgan fingerprint density at radius 2 is 0.866 bits per heavy atom. The number of amides is 3. The number of methoxy groups -OCH3 is 2. The first-order valence-electron chi connectivity index (χ1n) is 28.3. The van der Waals surface area contributed by atoms with Crippen LogP contribution in [0, 0.1) is 0 Å². The van der Waals surface area contributed by atoms with Gasteiger partial charge in [-0.05, 0) is 117 Å².